The summed E-state index contributed by atoms with van der Waals surface area (Å²) in [5, 5.41) is 3.09. The van der Waals surface area contributed by atoms with Gasteiger partial charge in [-0.15, -0.1) is 0 Å². The smallest absolute Gasteiger partial charge is 0.265 e. The Morgan fingerprint density at radius 2 is 1.85 bits per heavy atom. The van der Waals surface area contributed by atoms with Gasteiger partial charge < -0.3 is 15.0 Å². The number of ether oxygens (including phenoxy) is 1. The Bertz CT molecular complexity index is 1200. The maximum Gasteiger partial charge on any atom is 0.265 e. The summed E-state index contributed by atoms with van der Waals surface area (Å²) < 4.78 is 19.9. The Labute approximate surface area is 197 Å². The zero-order valence-corrected chi connectivity index (χ0v) is 19.4. The molecule has 0 saturated heterocycles. The maximum atomic E-state index is 14.3. The van der Waals surface area contributed by atoms with E-state index < -0.39 is 5.82 Å². The quantitative estimate of drug-likeness (QED) is 0.516. The molecule has 2 amide bonds. The van der Waals surface area contributed by atoms with Crippen LogP contribution < -0.4 is 15.0 Å². The predicted molar refractivity (Wildman–Crippen MR) is 128 cm³/mol. The monoisotopic (exact) mass is 466 g/mol. The molecule has 5 nitrogen and oxygen atoms in total. The second-order valence-electron chi connectivity index (χ2n) is 8.93. The fraction of sp³-hybridized carbons (Fsp3) is 0.231. The number of halogens is 2. The Morgan fingerprint density at radius 1 is 1.12 bits per heavy atom. The van der Waals surface area contributed by atoms with Crippen molar-refractivity contribution in [2.24, 2.45) is 0 Å². The lowest BCUT2D eigenvalue weighted by atomic mass is 9.87. The van der Waals surface area contributed by atoms with Gasteiger partial charge in [-0.25, -0.2) is 4.39 Å². The molecule has 3 aromatic rings. The van der Waals surface area contributed by atoms with Gasteiger partial charge in [0.25, 0.3) is 11.8 Å². The fourth-order valence-corrected chi connectivity index (χ4v) is 3.84. The molecule has 33 heavy (non-hydrogen) atoms. The normalized spacial score (nSPS) is 13.4. The lowest BCUT2D eigenvalue weighted by Gasteiger charge is -2.30. The second-order valence-corrected chi connectivity index (χ2v) is 9.34. The zero-order valence-electron chi connectivity index (χ0n) is 18.6. The van der Waals surface area contributed by atoms with Crippen LogP contribution in [0.15, 0.2) is 60.7 Å². The highest BCUT2D eigenvalue weighted by Gasteiger charge is 2.28. The number of carbonyl (C=O) groups is 2. The highest BCUT2D eigenvalue weighted by atomic mass is 35.5. The lowest BCUT2D eigenvalue weighted by molar-refractivity contribution is -0.121. The lowest BCUT2D eigenvalue weighted by Crippen LogP contribution is -2.38. The minimum absolute atomic E-state index is 0.00931. The molecule has 0 aromatic heterocycles. The number of amides is 2. The van der Waals surface area contributed by atoms with Gasteiger partial charge in [0.2, 0.25) is 0 Å². The first-order valence-corrected chi connectivity index (χ1v) is 10.9. The van der Waals surface area contributed by atoms with E-state index in [0.29, 0.717) is 22.7 Å². The van der Waals surface area contributed by atoms with Crippen LogP contribution in [0.3, 0.4) is 0 Å². The van der Waals surface area contributed by atoms with Crippen molar-refractivity contribution in [2.45, 2.75) is 32.7 Å². The van der Waals surface area contributed by atoms with Crippen LogP contribution in [0.25, 0.3) is 0 Å². The number of nitrogens with one attached hydrogen (secondary N) is 1. The standard InChI is InChI=1S/C26H24ClFN2O3/c1-26(2,3)17-9-7-16(8-10-17)25(32)29-18-11-12-23-22(13-18)30(24(31)15-33-23)14-19-20(27)5-4-6-21(19)28/h4-13H,14-15H2,1-3H3,(H,29,32). The number of rotatable bonds is 4. The van der Waals surface area contributed by atoms with Crippen LogP contribution in [-0.2, 0) is 16.8 Å². The number of carbonyl (C=O) groups excluding carboxylic acids is 2. The van der Waals surface area contributed by atoms with E-state index in [0.717, 1.165) is 5.56 Å². The van der Waals surface area contributed by atoms with E-state index >= 15 is 0 Å². The molecule has 0 unspecified atom stereocenters. The third-order valence-corrected chi connectivity index (χ3v) is 5.90. The Kier molecular flexibility index (Phi) is 6.13. The summed E-state index contributed by atoms with van der Waals surface area (Å²) in [6.07, 6.45) is 0. The topological polar surface area (TPSA) is 58.6 Å². The molecule has 0 atom stereocenters. The SMILES string of the molecule is CC(C)(C)c1ccc(C(=O)Nc2ccc3c(c2)N(Cc2c(F)cccc2Cl)C(=O)CO3)cc1. The van der Waals surface area contributed by atoms with E-state index in [4.69, 9.17) is 16.3 Å². The summed E-state index contributed by atoms with van der Waals surface area (Å²) in [6, 6.07) is 16.9. The van der Waals surface area contributed by atoms with Crippen LogP contribution in [0, 0.1) is 5.82 Å². The third kappa shape index (κ3) is 4.86. The molecule has 7 heteroatoms. The summed E-state index contributed by atoms with van der Waals surface area (Å²) in [5.74, 6) is -0.633. The predicted octanol–water partition coefficient (Wildman–Crippen LogP) is 5.95. The van der Waals surface area contributed by atoms with Gasteiger partial charge in [-0.05, 0) is 53.4 Å². The number of nitrogens with zero attached hydrogens (tertiary/aromatic N) is 1. The van der Waals surface area contributed by atoms with Crippen molar-refractivity contribution in [1.29, 1.82) is 0 Å². The number of benzene rings is 3. The van der Waals surface area contributed by atoms with Crippen LogP contribution in [0.4, 0.5) is 15.8 Å². The van der Waals surface area contributed by atoms with Crippen molar-refractivity contribution in [3.8, 4) is 5.75 Å². The molecule has 0 radical (unpaired) electrons. The molecule has 0 spiro atoms. The summed E-state index contributed by atoms with van der Waals surface area (Å²) in [7, 11) is 0. The van der Waals surface area contributed by atoms with Crippen molar-refractivity contribution < 1.29 is 18.7 Å². The van der Waals surface area contributed by atoms with Crippen molar-refractivity contribution in [3.63, 3.8) is 0 Å². The average molecular weight is 467 g/mol. The number of hydrogen-bond donors (Lipinski definition) is 1. The van der Waals surface area contributed by atoms with Gasteiger partial charge >= 0.3 is 0 Å². The molecule has 170 valence electrons. The number of anilines is 2. The van der Waals surface area contributed by atoms with Gasteiger partial charge in [-0.3, -0.25) is 9.59 Å². The van der Waals surface area contributed by atoms with Gasteiger partial charge in [-0.1, -0.05) is 50.6 Å². The Balaban J connectivity index is 1.59. The van der Waals surface area contributed by atoms with Crippen LogP contribution in [-0.4, -0.2) is 18.4 Å². The van der Waals surface area contributed by atoms with Gasteiger partial charge in [0, 0.05) is 21.8 Å². The van der Waals surface area contributed by atoms with Crippen LogP contribution in [0.1, 0.15) is 42.3 Å². The van der Waals surface area contributed by atoms with E-state index in [2.05, 4.69) is 26.1 Å². The molecular formula is C26H24ClFN2O3. The molecule has 1 aliphatic rings. The fourth-order valence-electron chi connectivity index (χ4n) is 3.62. The first-order chi connectivity index (χ1) is 15.6. The highest BCUT2D eigenvalue weighted by molar-refractivity contribution is 6.31. The van der Waals surface area contributed by atoms with Gasteiger partial charge in [-0.2, -0.15) is 0 Å². The third-order valence-electron chi connectivity index (χ3n) is 5.55. The molecular weight excluding hydrogens is 443 g/mol. The van der Waals surface area contributed by atoms with E-state index in [1.54, 1.807) is 36.4 Å². The largest absolute Gasteiger partial charge is 0.482 e. The molecule has 0 fully saturated rings. The highest BCUT2D eigenvalue weighted by Crippen LogP contribution is 2.36. The molecule has 3 aromatic carbocycles. The Morgan fingerprint density at radius 3 is 2.52 bits per heavy atom. The summed E-state index contributed by atoms with van der Waals surface area (Å²) in [5.41, 5.74) is 2.78. The average Bonchev–Trinajstić information content (AvgIpc) is 2.77. The van der Waals surface area contributed by atoms with E-state index in [-0.39, 0.29) is 41.0 Å². The molecule has 0 aliphatic carbocycles. The van der Waals surface area contributed by atoms with E-state index in [9.17, 15) is 14.0 Å². The first-order valence-electron chi connectivity index (χ1n) is 10.6. The van der Waals surface area contributed by atoms with Crippen LogP contribution in [0.5, 0.6) is 5.75 Å². The van der Waals surface area contributed by atoms with E-state index in [1.165, 1.54) is 17.0 Å². The Hall–Kier alpha value is -3.38. The number of fused-ring (bicyclic) bond motifs is 1. The minimum atomic E-state index is -0.494. The van der Waals surface area contributed by atoms with Crippen LogP contribution >= 0.6 is 11.6 Å². The molecule has 0 bridgehead atoms. The first kappa shape index (κ1) is 22.8. The van der Waals surface area contributed by atoms with Crippen molar-refractivity contribution in [2.75, 3.05) is 16.8 Å². The van der Waals surface area contributed by atoms with Gasteiger partial charge in [0.15, 0.2) is 6.61 Å². The van der Waals surface area contributed by atoms with Crippen molar-refractivity contribution in [3.05, 3.63) is 88.2 Å². The van der Waals surface area contributed by atoms with E-state index in [1.807, 2.05) is 12.1 Å². The molecule has 4 rings (SSSR count). The molecule has 1 heterocycles. The number of hydrogen-bond acceptors (Lipinski definition) is 3. The molecule has 1 aliphatic heterocycles. The second kappa shape index (κ2) is 8.87. The van der Waals surface area contributed by atoms with Gasteiger partial charge in [0.05, 0.1) is 12.2 Å². The van der Waals surface area contributed by atoms with Gasteiger partial charge in [0.1, 0.15) is 11.6 Å². The summed E-state index contributed by atoms with van der Waals surface area (Å²) in [6.45, 7) is 6.12. The van der Waals surface area contributed by atoms with Crippen molar-refractivity contribution >= 4 is 34.8 Å². The molecule has 1 N–H and O–H groups in total. The van der Waals surface area contributed by atoms with Crippen LogP contribution in [0.2, 0.25) is 5.02 Å². The summed E-state index contributed by atoms with van der Waals surface area (Å²) in [4.78, 5) is 26.8. The minimum Gasteiger partial charge on any atom is -0.482 e. The zero-order chi connectivity index (χ0) is 23.8. The molecule has 0 saturated carbocycles. The van der Waals surface area contributed by atoms with Crippen molar-refractivity contribution in [1.82, 2.24) is 0 Å². The summed E-state index contributed by atoms with van der Waals surface area (Å²) >= 11 is 6.16. The maximum absolute atomic E-state index is 14.3.